The summed E-state index contributed by atoms with van der Waals surface area (Å²) in [7, 11) is 3.27. The first-order valence-corrected chi connectivity index (χ1v) is 10.3. The standard InChI is InChI=1S/C22H27NO3S/c1-15(2)17-6-8-18(9-7-17)22-23(21(24)14-27-22)12-11-16-5-10-19(25-3)20(13-16)26-4/h5-10,13,15,22H,11-12,14H2,1-4H3/t22-/m1/s1. The van der Waals surface area contributed by atoms with Gasteiger partial charge < -0.3 is 14.4 Å². The molecule has 0 N–H and O–H groups in total. The summed E-state index contributed by atoms with van der Waals surface area (Å²) in [5.74, 6) is 2.70. The molecule has 1 fully saturated rings. The number of carbonyl (C=O) groups is 1. The van der Waals surface area contributed by atoms with Gasteiger partial charge in [0.1, 0.15) is 5.37 Å². The van der Waals surface area contributed by atoms with Crippen LogP contribution in [0.3, 0.4) is 0 Å². The van der Waals surface area contributed by atoms with Crippen molar-refractivity contribution in [2.24, 2.45) is 0 Å². The van der Waals surface area contributed by atoms with E-state index in [1.807, 2.05) is 23.1 Å². The number of thioether (sulfide) groups is 1. The Morgan fingerprint density at radius 1 is 1.07 bits per heavy atom. The number of hydrogen-bond donors (Lipinski definition) is 0. The Hall–Kier alpha value is -2.14. The molecule has 2 aromatic rings. The summed E-state index contributed by atoms with van der Waals surface area (Å²) in [6.07, 6.45) is 0.785. The molecular formula is C22H27NO3S. The quantitative estimate of drug-likeness (QED) is 0.696. The van der Waals surface area contributed by atoms with Gasteiger partial charge in [0.15, 0.2) is 11.5 Å². The lowest BCUT2D eigenvalue weighted by Gasteiger charge is -2.25. The molecule has 3 rings (SSSR count). The Labute approximate surface area is 165 Å². The summed E-state index contributed by atoms with van der Waals surface area (Å²) in [5.41, 5.74) is 3.65. The molecule has 0 aromatic heterocycles. The van der Waals surface area contributed by atoms with Crippen LogP contribution < -0.4 is 9.47 Å². The maximum atomic E-state index is 12.4. The van der Waals surface area contributed by atoms with Gasteiger partial charge in [-0.3, -0.25) is 4.79 Å². The fourth-order valence-electron chi connectivity index (χ4n) is 3.30. The number of hydrogen-bond acceptors (Lipinski definition) is 4. The van der Waals surface area contributed by atoms with Crippen molar-refractivity contribution in [2.45, 2.75) is 31.6 Å². The molecular weight excluding hydrogens is 358 g/mol. The van der Waals surface area contributed by atoms with E-state index in [0.717, 1.165) is 23.5 Å². The smallest absolute Gasteiger partial charge is 0.233 e. The Morgan fingerprint density at radius 2 is 1.78 bits per heavy atom. The molecule has 2 aromatic carbocycles. The summed E-state index contributed by atoms with van der Waals surface area (Å²) in [4.78, 5) is 14.4. The van der Waals surface area contributed by atoms with Crippen molar-refractivity contribution in [2.75, 3.05) is 26.5 Å². The minimum Gasteiger partial charge on any atom is -0.493 e. The number of nitrogens with zero attached hydrogens (tertiary/aromatic N) is 1. The molecule has 1 amide bonds. The number of amides is 1. The molecule has 1 aliphatic rings. The van der Waals surface area contributed by atoms with E-state index in [1.165, 1.54) is 11.1 Å². The zero-order chi connectivity index (χ0) is 19.4. The van der Waals surface area contributed by atoms with Gasteiger partial charge in [0, 0.05) is 6.54 Å². The van der Waals surface area contributed by atoms with Crippen LogP contribution in [0.1, 0.15) is 41.8 Å². The normalized spacial score (nSPS) is 16.9. The van der Waals surface area contributed by atoms with Crippen LogP contribution in [-0.4, -0.2) is 37.3 Å². The molecule has 0 unspecified atom stereocenters. The van der Waals surface area contributed by atoms with Crippen LogP contribution in [-0.2, 0) is 11.2 Å². The first-order chi connectivity index (χ1) is 13.0. The fraction of sp³-hybridized carbons (Fsp3) is 0.409. The highest BCUT2D eigenvalue weighted by molar-refractivity contribution is 8.00. The highest BCUT2D eigenvalue weighted by atomic mass is 32.2. The van der Waals surface area contributed by atoms with Gasteiger partial charge in [0.2, 0.25) is 5.91 Å². The van der Waals surface area contributed by atoms with E-state index in [-0.39, 0.29) is 11.3 Å². The third kappa shape index (κ3) is 4.41. The molecule has 1 atom stereocenters. The summed E-state index contributed by atoms with van der Waals surface area (Å²) < 4.78 is 10.7. The Morgan fingerprint density at radius 3 is 2.41 bits per heavy atom. The SMILES string of the molecule is COc1ccc(CCN2C(=O)CS[C@@H]2c2ccc(C(C)C)cc2)cc1OC. The lowest BCUT2D eigenvalue weighted by molar-refractivity contribution is -0.128. The van der Waals surface area contributed by atoms with Crippen molar-refractivity contribution in [3.05, 3.63) is 59.2 Å². The van der Waals surface area contributed by atoms with Crippen molar-refractivity contribution in [3.8, 4) is 11.5 Å². The first-order valence-electron chi connectivity index (χ1n) is 9.25. The van der Waals surface area contributed by atoms with Gasteiger partial charge in [0.05, 0.1) is 20.0 Å². The number of ether oxygens (including phenoxy) is 2. The lowest BCUT2D eigenvalue weighted by Crippen LogP contribution is -2.30. The molecule has 0 radical (unpaired) electrons. The van der Waals surface area contributed by atoms with Crippen LogP contribution in [0.2, 0.25) is 0 Å². The summed E-state index contributed by atoms with van der Waals surface area (Å²) in [6.45, 7) is 5.08. The van der Waals surface area contributed by atoms with E-state index in [2.05, 4.69) is 38.1 Å². The molecule has 1 aliphatic heterocycles. The van der Waals surface area contributed by atoms with Gasteiger partial charge in [-0.1, -0.05) is 44.2 Å². The van der Waals surface area contributed by atoms with Gasteiger partial charge in [-0.15, -0.1) is 11.8 Å². The van der Waals surface area contributed by atoms with Crippen molar-refractivity contribution >= 4 is 17.7 Å². The second-order valence-corrected chi connectivity index (χ2v) is 8.08. The van der Waals surface area contributed by atoms with E-state index in [4.69, 9.17) is 9.47 Å². The zero-order valence-electron chi connectivity index (χ0n) is 16.4. The third-order valence-corrected chi connectivity index (χ3v) is 6.20. The van der Waals surface area contributed by atoms with Crippen LogP contribution in [0.15, 0.2) is 42.5 Å². The van der Waals surface area contributed by atoms with Gasteiger partial charge in [-0.25, -0.2) is 0 Å². The first kappa shape index (κ1) is 19.6. The minimum atomic E-state index is 0.0962. The molecule has 144 valence electrons. The third-order valence-electron chi connectivity index (χ3n) is 4.95. The highest BCUT2D eigenvalue weighted by Crippen LogP contribution is 2.39. The van der Waals surface area contributed by atoms with E-state index in [1.54, 1.807) is 26.0 Å². The van der Waals surface area contributed by atoms with Crippen molar-refractivity contribution in [1.82, 2.24) is 4.90 Å². The van der Waals surface area contributed by atoms with Crippen molar-refractivity contribution < 1.29 is 14.3 Å². The molecule has 27 heavy (non-hydrogen) atoms. The maximum Gasteiger partial charge on any atom is 0.233 e. The van der Waals surface area contributed by atoms with Gasteiger partial charge in [-0.2, -0.15) is 0 Å². The summed E-state index contributed by atoms with van der Waals surface area (Å²) in [6, 6.07) is 14.6. The predicted molar refractivity (Wildman–Crippen MR) is 111 cm³/mol. The van der Waals surface area contributed by atoms with E-state index in [9.17, 15) is 4.79 Å². The second-order valence-electron chi connectivity index (χ2n) is 7.01. The summed E-state index contributed by atoms with van der Waals surface area (Å²) in [5, 5.41) is 0.0962. The molecule has 0 bridgehead atoms. The average Bonchev–Trinajstić information content (AvgIpc) is 3.06. The molecule has 1 saturated heterocycles. The number of benzene rings is 2. The topological polar surface area (TPSA) is 38.8 Å². The van der Waals surface area contributed by atoms with Crippen molar-refractivity contribution in [1.29, 1.82) is 0 Å². The lowest BCUT2D eigenvalue weighted by atomic mass is 10.0. The van der Waals surface area contributed by atoms with Crippen LogP contribution in [0, 0.1) is 0 Å². The Kier molecular flexibility index (Phi) is 6.32. The van der Waals surface area contributed by atoms with Crippen LogP contribution in [0.5, 0.6) is 11.5 Å². The maximum absolute atomic E-state index is 12.4. The molecule has 4 nitrogen and oxygen atoms in total. The largest absolute Gasteiger partial charge is 0.493 e. The average molecular weight is 386 g/mol. The van der Waals surface area contributed by atoms with Gasteiger partial charge in [0.25, 0.3) is 0 Å². The monoisotopic (exact) mass is 385 g/mol. The molecule has 1 heterocycles. The van der Waals surface area contributed by atoms with Gasteiger partial charge >= 0.3 is 0 Å². The predicted octanol–water partition coefficient (Wildman–Crippen LogP) is 4.64. The summed E-state index contributed by atoms with van der Waals surface area (Å²) >= 11 is 1.71. The van der Waals surface area contributed by atoms with E-state index < -0.39 is 0 Å². The van der Waals surface area contributed by atoms with Crippen molar-refractivity contribution in [3.63, 3.8) is 0 Å². The highest BCUT2D eigenvalue weighted by Gasteiger charge is 2.32. The fourth-order valence-corrected chi connectivity index (χ4v) is 4.52. The van der Waals surface area contributed by atoms with Gasteiger partial charge in [-0.05, 0) is 41.2 Å². The number of carbonyl (C=O) groups excluding carboxylic acids is 1. The second kappa shape index (κ2) is 8.70. The molecule has 5 heteroatoms. The molecule has 0 aliphatic carbocycles. The van der Waals surface area contributed by atoms with Crippen LogP contribution >= 0.6 is 11.8 Å². The van der Waals surface area contributed by atoms with Crippen LogP contribution in [0.4, 0.5) is 0 Å². The number of rotatable bonds is 7. The zero-order valence-corrected chi connectivity index (χ0v) is 17.2. The Balaban J connectivity index is 1.71. The molecule has 0 spiro atoms. The van der Waals surface area contributed by atoms with E-state index >= 15 is 0 Å². The minimum absolute atomic E-state index is 0.0962. The Bertz CT molecular complexity index is 789. The number of methoxy groups -OCH3 is 2. The van der Waals surface area contributed by atoms with E-state index in [0.29, 0.717) is 18.2 Å². The molecule has 0 saturated carbocycles. The van der Waals surface area contributed by atoms with Crippen LogP contribution in [0.25, 0.3) is 0 Å².